The van der Waals surface area contributed by atoms with Crippen molar-refractivity contribution in [2.24, 2.45) is 0 Å². The van der Waals surface area contributed by atoms with E-state index in [0.717, 1.165) is 48.3 Å². The minimum atomic E-state index is -3.82. The molecule has 8 nitrogen and oxygen atoms in total. The Balaban J connectivity index is 1.69. The molecule has 31 heavy (non-hydrogen) atoms. The Bertz CT molecular complexity index is 1050. The number of amides is 1. The number of thiophene rings is 1. The molecular formula is C20H25N3O5S3. The molecule has 0 spiro atoms. The van der Waals surface area contributed by atoms with Crippen LogP contribution in [0.4, 0.5) is 0 Å². The fourth-order valence-electron chi connectivity index (χ4n) is 4.10. The topological polar surface area (TPSA) is 96.9 Å². The maximum absolute atomic E-state index is 13.6. The molecule has 1 fully saturated rings. The second kappa shape index (κ2) is 9.35. The lowest BCUT2D eigenvalue weighted by Crippen LogP contribution is -2.35. The molecule has 4 rings (SSSR count). The molecule has 11 heteroatoms. The first kappa shape index (κ1) is 22.4. The van der Waals surface area contributed by atoms with E-state index in [1.165, 1.54) is 28.9 Å². The fraction of sp³-hybridized carbons (Fsp3) is 0.550. The smallest absolute Gasteiger partial charge is 0.340 e. The predicted octanol–water partition coefficient (Wildman–Crippen LogP) is 3.14. The molecule has 1 amide bonds. The number of ether oxygens (including phenoxy) is 1. The van der Waals surface area contributed by atoms with E-state index in [-0.39, 0.29) is 22.2 Å². The molecule has 0 atom stereocenters. The van der Waals surface area contributed by atoms with Crippen LogP contribution in [-0.2, 0) is 27.7 Å². The Morgan fingerprint density at radius 3 is 2.45 bits per heavy atom. The van der Waals surface area contributed by atoms with E-state index >= 15 is 0 Å². The van der Waals surface area contributed by atoms with Gasteiger partial charge in [-0.1, -0.05) is 19.3 Å². The number of sulfonamides is 1. The van der Waals surface area contributed by atoms with Crippen LogP contribution >= 0.6 is 22.7 Å². The van der Waals surface area contributed by atoms with Crippen LogP contribution in [-0.4, -0.2) is 61.2 Å². The number of rotatable bonds is 4. The number of carbonyl (C=O) groups is 2. The molecular weight excluding hydrogens is 458 g/mol. The average molecular weight is 484 g/mol. The van der Waals surface area contributed by atoms with Gasteiger partial charge in [-0.2, -0.15) is 4.31 Å². The van der Waals surface area contributed by atoms with Crippen LogP contribution in [0.15, 0.2) is 15.9 Å². The van der Waals surface area contributed by atoms with Gasteiger partial charge >= 0.3 is 5.97 Å². The summed E-state index contributed by atoms with van der Waals surface area (Å²) in [5.41, 5.74) is 2.45. The molecule has 2 aliphatic heterocycles. The maximum atomic E-state index is 13.6. The zero-order chi connectivity index (χ0) is 22.0. The summed E-state index contributed by atoms with van der Waals surface area (Å²) >= 11 is 2.37. The van der Waals surface area contributed by atoms with Crippen molar-refractivity contribution < 1.29 is 22.7 Å². The molecule has 0 unspecified atom stereocenters. The number of methoxy groups -OCH3 is 1. The van der Waals surface area contributed by atoms with Gasteiger partial charge in [0.1, 0.15) is 9.09 Å². The molecule has 168 valence electrons. The van der Waals surface area contributed by atoms with Crippen molar-refractivity contribution >= 4 is 44.6 Å². The Labute approximate surface area is 189 Å². The van der Waals surface area contributed by atoms with Crippen LogP contribution in [0.5, 0.6) is 0 Å². The van der Waals surface area contributed by atoms with E-state index in [2.05, 4.69) is 4.98 Å². The first-order valence-corrected chi connectivity index (χ1v) is 13.5. The molecule has 1 saturated heterocycles. The number of hydrogen-bond acceptors (Lipinski definition) is 8. The van der Waals surface area contributed by atoms with Crippen molar-refractivity contribution in [2.75, 3.05) is 26.7 Å². The van der Waals surface area contributed by atoms with Crippen LogP contribution in [0.2, 0.25) is 0 Å². The van der Waals surface area contributed by atoms with Crippen molar-refractivity contribution in [3.8, 4) is 0 Å². The SMILES string of the molecule is COC(=O)c1c(S(=O)(=O)N2CCCCCCC2)sc2c1CCN(C(=O)c1cncs1)C2. The maximum Gasteiger partial charge on any atom is 0.340 e. The van der Waals surface area contributed by atoms with Crippen LogP contribution in [0.3, 0.4) is 0 Å². The summed E-state index contributed by atoms with van der Waals surface area (Å²) in [7, 11) is -2.56. The van der Waals surface area contributed by atoms with Gasteiger partial charge in [-0.25, -0.2) is 13.2 Å². The Morgan fingerprint density at radius 2 is 1.81 bits per heavy atom. The van der Waals surface area contributed by atoms with E-state index in [9.17, 15) is 18.0 Å². The summed E-state index contributed by atoms with van der Waals surface area (Å²) in [6, 6.07) is 0. The van der Waals surface area contributed by atoms with Crippen LogP contribution < -0.4 is 0 Å². The van der Waals surface area contributed by atoms with E-state index in [4.69, 9.17) is 4.74 Å². The highest BCUT2D eigenvalue weighted by Crippen LogP contribution is 2.38. The quantitative estimate of drug-likeness (QED) is 0.620. The second-order valence-corrected chi connectivity index (χ2v) is 11.8. The summed E-state index contributed by atoms with van der Waals surface area (Å²) in [6.45, 7) is 1.60. The predicted molar refractivity (Wildman–Crippen MR) is 118 cm³/mol. The highest BCUT2D eigenvalue weighted by Gasteiger charge is 2.37. The zero-order valence-electron chi connectivity index (χ0n) is 17.3. The Kier molecular flexibility index (Phi) is 6.75. The van der Waals surface area contributed by atoms with Gasteiger partial charge in [0.25, 0.3) is 15.9 Å². The summed E-state index contributed by atoms with van der Waals surface area (Å²) in [6.07, 6.45) is 6.71. The van der Waals surface area contributed by atoms with Crippen molar-refractivity contribution in [1.82, 2.24) is 14.2 Å². The van der Waals surface area contributed by atoms with Gasteiger partial charge in [0.2, 0.25) is 0 Å². The number of fused-ring (bicyclic) bond motifs is 1. The third-order valence-electron chi connectivity index (χ3n) is 5.73. The second-order valence-electron chi connectivity index (χ2n) is 7.67. The molecule has 4 heterocycles. The summed E-state index contributed by atoms with van der Waals surface area (Å²) in [5.74, 6) is -0.764. The standard InChI is InChI=1S/C20H25N3O5S3/c1-28-19(25)17-14-7-10-22(18(24)15-11-21-13-29-15)12-16(14)30-20(17)31(26,27)23-8-5-3-2-4-6-9-23/h11,13H,2-10,12H2,1H3. The van der Waals surface area contributed by atoms with Gasteiger partial charge in [-0.3, -0.25) is 9.78 Å². The van der Waals surface area contributed by atoms with E-state index < -0.39 is 16.0 Å². The molecule has 2 aliphatic rings. The lowest BCUT2D eigenvalue weighted by atomic mass is 10.0. The first-order chi connectivity index (χ1) is 14.9. The third kappa shape index (κ3) is 4.41. The van der Waals surface area contributed by atoms with E-state index in [0.29, 0.717) is 36.5 Å². The zero-order valence-corrected chi connectivity index (χ0v) is 19.8. The Hall–Kier alpha value is -1.82. The molecule has 0 aliphatic carbocycles. The van der Waals surface area contributed by atoms with Crippen LogP contribution in [0.1, 0.15) is 62.6 Å². The highest BCUT2D eigenvalue weighted by atomic mass is 32.2. The summed E-state index contributed by atoms with van der Waals surface area (Å²) < 4.78 is 33.6. The molecule has 0 N–H and O–H groups in total. The number of esters is 1. The molecule has 0 radical (unpaired) electrons. The van der Waals surface area contributed by atoms with Crippen LogP contribution in [0.25, 0.3) is 0 Å². The molecule has 2 aromatic rings. The first-order valence-electron chi connectivity index (χ1n) is 10.3. The number of thiazole rings is 1. The minimum Gasteiger partial charge on any atom is -0.465 e. The average Bonchev–Trinajstić information content (AvgIpc) is 3.40. The normalized spacial score (nSPS) is 18.2. The van der Waals surface area contributed by atoms with Crippen molar-refractivity contribution in [3.63, 3.8) is 0 Å². The molecule has 0 bridgehead atoms. The number of hydrogen-bond donors (Lipinski definition) is 0. The molecule has 2 aromatic heterocycles. The lowest BCUT2D eigenvalue weighted by Gasteiger charge is -2.26. The number of nitrogens with zero attached hydrogens (tertiary/aromatic N) is 3. The van der Waals surface area contributed by atoms with Gasteiger partial charge in [0.05, 0.1) is 30.9 Å². The van der Waals surface area contributed by atoms with E-state index in [1.807, 2.05) is 0 Å². The highest BCUT2D eigenvalue weighted by molar-refractivity contribution is 7.91. The van der Waals surface area contributed by atoms with Gasteiger partial charge in [0, 0.05) is 24.5 Å². The minimum absolute atomic E-state index is 0.0528. The number of carbonyl (C=O) groups excluding carboxylic acids is 2. The van der Waals surface area contributed by atoms with Gasteiger partial charge in [-0.05, 0) is 24.8 Å². The van der Waals surface area contributed by atoms with Gasteiger partial charge in [0.15, 0.2) is 0 Å². The lowest BCUT2D eigenvalue weighted by molar-refractivity contribution is 0.0595. The van der Waals surface area contributed by atoms with Crippen molar-refractivity contribution in [3.05, 3.63) is 32.6 Å². The molecule has 0 aromatic carbocycles. The Morgan fingerprint density at radius 1 is 1.10 bits per heavy atom. The van der Waals surface area contributed by atoms with Gasteiger partial charge < -0.3 is 9.64 Å². The van der Waals surface area contributed by atoms with Crippen molar-refractivity contribution in [2.45, 2.75) is 49.3 Å². The summed E-state index contributed by atoms with van der Waals surface area (Å²) in [4.78, 5) is 32.3. The monoisotopic (exact) mass is 483 g/mol. The fourth-order valence-corrected chi connectivity index (χ4v) is 8.24. The third-order valence-corrected chi connectivity index (χ3v) is 10.1. The number of aromatic nitrogens is 1. The largest absolute Gasteiger partial charge is 0.465 e. The molecule has 0 saturated carbocycles. The summed E-state index contributed by atoms with van der Waals surface area (Å²) in [5, 5.41) is 0. The van der Waals surface area contributed by atoms with Gasteiger partial charge in [-0.15, -0.1) is 22.7 Å². The van der Waals surface area contributed by atoms with Crippen LogP contribution in [0, 0.1) is 0 Å². The van der Waals surface area contributed by atoms with E-state index in [1.54, 1.807) is 10.4 Å². The van der Waals surface area contributed by atoms with Crippen molar-refractivity contribution in [1.29, 1.82) is 0 Å².